The van der Waals surface area contributed by atoms with Crippen molar-refractivity contribution in [3.05, 3.63) is 212 Å². The maximum absolute atomic E-state index is 14.1. The maximum Gasteiger partial charge on any atom is 1.00 e. The summed E-state index contributed by atoms with van der Waals surface area (Å²) in [6, 6.07) is 19.7. The number of nitrogens with one attached hydrogen (secondary N) is 1. The Balaban J connectivity index is 0.000000191. The van der Waals surface area contributed by atoms with Crippen LogP contribution in [0.4, 0.5) is 36.8 Å². The molecule has 15 heterocycles. The third kappa shape index (κ3) is 18.4. The van der Waals surface area contributed by atoms with E-state index in [1.807, 2.05) is 133 Å². The second kappa shape index (κ2) is 36.0. The Morgan fingerprint density at radius 1 is 0.578 bits per heavy atom. The van der Waals surface area contributed by atoms with E-state index in [1.54, 1.807) is 43.0 Å². The Hall–Kier alpha value is -7.88. The van der Waals surface area contributed by atoms with Gasteiger partial charge in [-0.05, 0) is 130 Å². The van der Waals surface area contributed by atoms with Crippen LogP contribution in [0.2, 0.25) is 10.3 Å². The average Bonchev–Trinajstić information content (AvgIpc) is 1.63. The summed E-state index contributed by atoms with van der Waals surface area (Å²) in [6.45, 7) is 5.68. The van der Waals surface area contributed by atoms with Crippen molar-refractivity contribution in [3.8, 4) is 22.3 Å². The molecule has 15 aromatic rings. The maximum atomic E-state index is 14.1. The topological polar surface area (TPSA) is 403 Å². The minimum atomic E-state index is -1.42. The predicted molar refractivity (Wildman–Crippen MR) is 374 cm³/mol. The molecule has 0 amide bonds. The molecule has 0 aliphatic rings. The van der Waals surface area contributed by atoms with Crippen LogP contribution in [0.1, 0.15) is 53.1 Å². The summed E-state index contributed by atoms with van der Waals surface area (Å²) in [5, 5.41) is 42.6. The van der Waals surface area contributed by atoms with Gasteiger partial charge in [-0.1, -0.05) is 29.3 Å². The number of imidazole rings is 3. The first-order chi connectivity index (χ1) is 48.0. The number of aryl methyl sites for hydroxylation is 3. The fourth-order valence-electron chi connectivity index (χ4n) is 9.83. The average molecular weight is 1590 g/mol. The molecule has 0 unspecified atom stereocenters. The summed E-state index contributed by atoms with van der Waals surface area (Å²) in [5.41, 5.74) is 29.1. The van der Waals surface area contributed by atoms with E-state index >= 15 is 0 Å². The van der Waals surface area contributed by atoms with E-state index in [0.717, 1.165) is 50.7 Å². The SMILES string of the molecule is CNC.Cc1cnc2ccc(-c3c(Cl)nc(N)n4nc(Cc5ncccc5F)nc34)cn12.Cc1cnc2ccc(-c3c(N(C)C)nc(N)n4nc(Cc5ncccc5F)nc34)cn12.Cc1cnc2ccc(B(O)O)cn12.Nc1nc(Cl)c(I)c2nc(Cc3ncccc3F)nn12.O=CO[O-].[H-].[K+].[K+]. The van der Waals surface area contributed by atoms with Gasteiger partial charge in [0, 0.05) is 98.1 Å². The Bertz CT molecular complexity index is 5460. The van der Waals surface area contributed by atoms with E-state index in [-0.39, 0.29) is 175 Å². The number of carbonyl (C=O) groups excluding carboxylic acids is 1. The van der Waals surface area contributed by atoms with Crippen LogP contribution in [0.15, 0.2) is 129 Å². The smallest absolute Gasteiger partial charge is 1.00 e. The van der Waals surface area contributed by atoms with Gasteiger partial charge in [0.2, 0.25) is 17.8 Å². The first-order valence-corrected chi connectivity index (χ1v) is 31.4. The fraction of sp³-hybridized carbons (Fsp3) is 0.161. The van der Waals surface area contributed by atoms with E-state index in [0.29, 0.717) is 54.8 Å². The molecule has 31 nitrogen and oxygen atoms in total. The first kappa shape index (κ1) is 79.8. The van der Waals surface area contributed by atoms with Crippen molar-refractivity contribution in [2.45, 2.75) is 40.0 Å². The summed E-state index contributed by atoms with van der Waals surface area (Å²) < 4.78 is 52.3. The zero-order chi connectivity index (χ0) is 71.6. The zero-order valence-electron chi connectivity index (χ0n) is 56.9. The van der Waals surface area contributed by atoms with Gasteiger partial charge in [-0.15, -0.1) is 15.3 Å². The van der Waals surface area contributed by atoms with Gasteiger partial charge in [0.1, 0.15) is 50.5 Å². The number of fused-ring (bicyclic) bond motifs is 6. The van der Waals surface area contributed by atoms with Crippen molar-refractivity contribution >= 4 is 122 Å². The van der Waals surface area contributed by atoms with Crippen LogP contribution in [0, 0.1) is 41.8 Å². The summed E-state index contributed by atoms with van der Waals surface area (Å²) >= 11 is 14.4. The molecule has 0 bridgehead atoms. The Morgan fingerprint density at radius 3 is 1.34 bits per heavy atom. The van der Waals surface area contributed by atoms with Crippen molar-refractivity contribution in [2.24, 2.45) is 0 Å². The molecule has 15 aromatic heterocycles. The van der Waals surface area contributed by atoms with Gasteiger partial charge in [-0.2, -0.15) is 23.5 Å². The van der Waals surface area contributed by atoms with Gasteiger partial charge in [0.05, 0.1) is 51.0 Å². The van der Waals surface area contributed by atoms with Crippen molar-refractivity contribution in [1.82, 2.24) is 107 Å². The summed E-state index contributed by atoms with van der Waals surface area (Å²) in [5.74, 6) is 1.02. The second-order valence-electron chi connectivity index (χ2n) is 21.6. The number of nitrogens with two attached hydrogens (primary N) is 3. The number of hydrogen-bond donors (Lipinski definition) is 6. The van der Waals surface area contributed by atoms with Crippen LogP contribution in [0.5, 0.6) is 0 Å². The zero-order valence-corrected chi connectivity index (χ0v) is 65.8. The van der Waals surface area contributed by atoms with E-state index in [9.17, 15) is 13.2 Å². The van der Waals surface area contributed by atoms with Gasteiger partial charge < -0.3 is 62.2 Å². The van der Waals surface area contributed by atoms with Crippen LogP contribution in [-0.2, 0) is 28.9 Å². The molecule has 0 spiro atoms. The number of rotatable bonds is 11. The minimum absolute atomic E-state index is 0. The van der Waals surface area contributed by atoms with E-state index in [4.69, 9.17) is 65.5 Å². The Labute approximate surface area is 687 Å². The number of aromatic nitrogens is 21. The molecule has 0 saturated heterocycles. The van der Waals surface area contributed by atoms with E-state index in [2.05, 4.69) is 80.3 Å². The normalized spacial score (nSPS) is 10.7. The number of nitrogens with zero attached hydrogens (tertiary/aromatic N) is 22. The summed E-state index contributed by atoms with van der Waals surface area (Å²) in [7, 11) is 6.11. The molecule has 40 heteroatoms. The molecule has 0 aliphatic heterocycles. The number of nitrogen functional groups attached to an aromatic ring is 3. The number of anilines is 4. The molecule has 15 rings (SSSR count). The third-order valence-electron chi connectivity index (χ3n) is 14.4. The second-order valence-corrected chi connectivity index (χ2v) is 23.4. The number of halogens is 6. The molecule has 0 fully saturated rings. The quantitative estimate of drug-likeness (QED) is 0.0236. The monoisotopic (exact) mass is 1590 g/mol. The summed E-state index contributed by atoms with van der Waals surface area (Å²) in [6.07, 6.45) is 15.9. The standard InChI is InChI=1S/C21H20FN9.C19H14ClFN8.C11H7ClFIN6.C8H9BN2O2.C2H7N.CH2O3.2K.H/c1-12-10-25-17-7-6-13(11-30(12)17)18-19(29(2)3)27-21(23)31-20(18)26-16(28-31)9-15-14(22)5-4-8-24-15;1-10-8-24-15-5-4-11(9-28(10)15)16-17(20)26-19(22)29-18(16)25-14(27-29)7-13-12(21)3-2-6-23-13;12-9-8(14)10-17-7(19-20(10)11(15)18-9)4-6-5(13)2-1-3-16-6;1-6-4-10-8-3-2-7(9(12)13)5-11(6)8;1-3-2;2-1-4-3;;;/h4-8,10-11H,9H2,1-3H3,(H2,23,27);2-6,8-9H,7H2,1H3,(H2,22,26);1-3H,4H2,(H2,15,18);2-5,12-13H,1H3;3H,1-2H3;1,3H;;;/q;;;;;;2*+1;-1/p-1. The van der Waals surface area contributed by atoms with Crippen LogP contribution in [-0.4, -0.2) is 154 Å². The number of hydrogen-bond acceptors (Lipinski definition) is 25. The van der Waals surface area contributed by atoms with Crippen LogP contribution in [0.3, 0.4) is 0 Å². The molecule has 514 valence electrons. The van der Waals surface area contributed by atoms with Gasteiger partial charge in [-0.25, -0.2) is 48.1 Å². The van der Waals surface area contributed by atoms with Crippen LogP contribution < -0.4 is 141 Å². The molecular formula is C62H59BCl2F3IK2N26O5. The van der Waals surface area contributed by atoms with Gasteiger partial charge in [-0.3, -0.25) is 19.7 Å². The molecule has 0 atom stereocenters. The molecule has 0 saturated carbocycles. The Kier molecular flexibility index (Phi) is 28.2. The van der Waals surface area contributed by atoms with Crippen LogP contribution in [0.25, 0.3) is 56.1 Å². The molecular weight excluding hydrogens is 1530 g/mol. The first-order valence-electron chi connectivity index (χ1n) is 29.6. The van der Waals surface area contributed by atoms with Crippen molar-refractivity contribution in [3.63, 3.8) is 0 Å². The molecule has 0 aromatic carbocycles. The summed E-state index contributed by atoms with van der Waals surface area (Å²) in [4.78, 5) is 64.3. The molecule has 102 heavy (non-hydrogen) atoms. The third-order valence-corrected chi connectivity index (χ3v) is 16.3. The largest absolute Gasteiger partial charge is 1.00 e. The van der Waals surface area contributed by atoms with Crippen molar-refractivity contribution in [1.29, 1.82) is 0 Å². The number of carbonyl (C=O) groups is 1. The van der Waals surface area contributed by atoms with Crippen molar-refractivity contribution in [2.75, 3.05) is 50.3 Å². The van der Waals surface area contributed by atoms with E-state index < -0.39 is 24.6 Å². The van der Waals surface area contributed by atoms with Gasteiger partial charge in [0.25, 0.3) is 6.47 Å². The van der Waals surface area contributed by atoms with Gasteiger partial charge in [0.15, 0.2) is 34.4 Å². The molecule has 0 radical (unpaired) electrons. The Morgan fingerprint density at radius 2 is 0.941 bits per heavy atom. The molecule has 9 N–H and O–H groups in total. The number of pyridine rings is 6. The van der Waals surface area contributed by atoms with Gasteiger partial charge >= 0.3 is 110 Å². The van der Waals surface area contributed by atoms with E-state index in [1.165, 1.54) is 56.3 Å². The predicted octanol–water partition coefficient (Wildman–Crippen LogP) is -0.569. The fourth-order valence-corrected chi connectivity index (χ4v) is 10.7. The van der Waals surface area contributed by atoms with Crippen LogP contribution >= 0.6 is 45.8 Å². The molecule has 0 aliphatic carbocycles. The minimum Gasteiger partial charge on any atom is -1.00 e. The van der Waals surface area contributed by atoms with Crippen molar-refractivity contribution < 1.29 is 142 Å².